The Morgan fingerprint density at radius 1 is 1.09 bits per heavy atom. The molecule has 1 aromatic heterocycles. The summed E-state index contributed by atoms with van der Waals surface area (Å²) in [6.07, 6.45) is 4.19. The highest BCUT2D eigenvalue weighted by molar-refractivity contribution is 9.10. The number of hydrogen-bond acceptors (Lipinski definition) is 1. The van der Waals surface area contributed by atoms with Gasteiger partial charge < -0.3 is 9.67 Å². The molecule has 0 radical (unpaired) electrons. The van der Waals surface area contributed by atoms with Gasteiger partial charge in [-0.05, 0) is 48.9 Å². The molecule has 1 N–H and O–H groups in total. The normalized spacial score (nSPS) is 15.6. The fourth-order valence-electron chi connectivity index (χ4n) is 3.93. The van der Waals surface area contributed by atoms with Crippen LogP contribution < -0.4 is 0 Å². The molecule has 3 aromatic rings. The summed E-state index contributed by atoms with van der Waals surface area (Å²) < 4.78 is 3.34. The third kappa shape index (κ3) is 2.43. The van der Waals surface area contributed by atoms with Gasteiger partial charge in [0.2, 0.25) is 0 Å². The molecule has 0 saturated carbocycles. The molecule has 1 unspecified atom stereocenters. The first-order valence-corrected chi connectivity index (χ1v) is 8.98. The van der Waals surface area contributed by atoms with E-state index in [2.05, 4.69) is 39.7 Å². The van der Waals surface area contributed by atoms with Crippen LogP contribution in [0.5, 0.6) is 0 Å². The second-order valence-electron chi connectivity index (χ2n) is 6.40. The maximum atomic E-state index is 11.0. The largest absolute Gasteiger partial charge is 0.384 e. The van der Waals surface area contributed by atoms with Crippen molar-refractivity contribution in [2.75, 3.05) is 0 Å². The summed E-state index contributed by atoms with van der Waals surface area (Å²) in [4.78, 5) is 0. The number of aromatic nitrogens is 1. The van der Waals surface area contributed by atoms with Crippen molar-refractivity contribution in [2.45, 2.75) is 31.8 Å². The minimum atomic E-state index is -0.605. The fraction of sp³-hybridized carbons (Fsp3) is 0.300. The zero-order valence-electron chi connectivity index (χ0n) is 13.2. The molecule has 1 heterocycles. The van der Waals surface area contributed by atoms with Crippen LogP contribution in [0.1, 0.15) is 41.3 Å². The summed E-state index contributed by atoms with van der Waals surface area (Å²) in [5.41, 5.74) is 6.00. The zero-order valence-corrected chi connectivity index (χ0v) is 14.8. The Morgan fingerprint density at radius 3 is 2.61 bits per heavy atom. The Labute approximate surface area is 144 Å². The molecule has 0 bridgehead atoms. The lowest BCUT2D eigenvalue weighted by molar-refractivity contribution is 0.221. The second kappa shape index (κ2) is 5.81. The van der Waals surface area contributed by atoms with Gasteiger partial charge in [0.15, 0.2) is 0 Å². The predicted octanol–water partition coefficient (Wildman–Crippen LogP) is 4.90. The van der Waals surface area contributed by atoms with Crippen LogP contribution in [0.3, 0.4) is 0 Å². The first-order chi connectivity index (χ1) is 11.2. The molecule has 0 spiro atoms. The van der Waals surface area contributed by atoms with Crippen LogP contribution >= 0.6 is 15.9 Å². The molecule has 118 valence electrons. The molecule has 0 amide bonds. The first-order valence-electron chi connectivity index (χ1n) is 8.19. The lowest BCUT2D eigenvalue weighted by Gasteiger charge is -2.15. The van der Waals surface area contributed by atoms with Gasteiger partial charge in [-0.15, -0.1) is 0 Å². The molecule has 1 aliphatic rings. The van der Waals surface area contributed by atoms with E-state index in [1.807, 2.05) is 30.3 Å². The van der Waals surface area contributed by atoms with Crippen LogP contribution in [0.4, 0.5) is 0 Å². The maximum Gasteiger partial charge on any atom is 0.106 e. The van der Waals surface area contributed by atoms with Gasteiger partial charge in [-0.2, -0.15) is 0 Å². The quantitative estimate of drug-likeness (QED) is 0.682. The Hall–Kier alpha value is -1.58. The van der Waals surface area contributed by atoms with E-state index >= 15 is 0 Å². The molecule has 1 atom stereocenters. The second-order valence-corrected chi connectivity index (χ2v) is 7.31. The Bertz CT molecular complexity index is 866. The average molecular weight is 370 g/mol. The van der Waals surface area contributed by atoms with E-state index in [9.17, 15) is 5.11 Å². The van der Waals surface area contributed by atoms with E-state index in [1.165, 1.54) is 35.0 Å². The average Bonchev–Trinajstić information content (AvgIpc) is 2.87. The lowest BCUT2D eigenvalue weighted by Crippen LogP contribution is -2.06. The highest BCUT2D eigenvalue weighted by Gasteiger charge is 2.23. The molecule has 3 heteroatoms. The van der Waals surface area contributed by atoms with Crippen molar-refractivity contribution in [2.24, 2.45) is 7.05 Å². The van der Waals surface area contributed by atoms with Gasteiger partial charge in [0, 0.05) is 28.2 Å². The molecular formula is C20H20BrNO. The first kappa shape index (κ1) is 15.0. The lowest BCUT2D eigenvalue weighted by atomic mass is 9.94. The fourth-order valence-corrected chi connectivity index (χ4v) is 4.41. The molecule has 4 rings (SSSR count). The summed E-state index contributed by atoms with van der Waals surface area (Å²) in [5.74, 6) is 0. The highest BCUT2D eigenvalue weighted by Crippen LogP contribution is 2.38. The van der Waals surface area contributed by atoms with Crippen LogP contribution in [-0.2, 0) is 19.9 Å². The van der Waals surface area contributed by atoms with Crippen molar-refractivity contribution >= 4 is 26.8 Å². The van der Waals surface area contributed by atoms with Gasteiger partial charge in [-0.25, -0.2) is 0 Å². The Morgan fingerprint density at radius 2 is 1.83 bits per heavy atom. The molecule has 23 heavy (non-hydrogen) atoms. The number of aryl methyl sites for hydroxylation is 2. The van der Waals surface area contributed by atoms with Crippen LogP contribution in [0.15, 0.2) is 46.9 Å². The van der Waals surface area contributed by atoms with Gasteiger partial charge in [0.25, 0.3) is 0 Å². The van der Waals surface area contributed by atoms with Gasteiger partial charge in [-0.1, -0.05) is 46.3 Å². The number of nitrogens with zero attached hydrogens (tertiary/aromatic N) is 1. The van der Waals surface area contributed by atoms with Gasteiger partial charge in [-0.3, -0.25) is 0 Å². The topological polar surface area (TPSA) is 25.2 Å². The van der Waals surface area contributed by atoms with E-state index in [0.717, 1.165) is 28.4 Å². The Kier molecular flexibility index (Phi) is 3.78. The SMILES string of the molecule is Cn1c2c(c3cc(Br)cc(C(O)c4ccccc4)c31)CCCC2. The zero-order chi connectivity index (χ0) is 16.0. The molecule has 1 aliphatic carbocycles. The summed E-state index contributed by atoms with van der Waals surface area (Å²) in [5, 5.41) is 12.3. The van der Waals surface area contributed by atoms with Crippen molar-refractivity contribution in [1.82, 2.24) is 4.57 Å². The summed E-state index contributed by atoms with van der Waals surface area (Å²) in [6.45, 7) is 0. The van der Waals surface area contributed by atoms with E-state index in [-0.39, 0.29) is 0 Å². The smallest absolute Gasteiger partial charge is 0.106 e. The summed E-state index contributed by atoms with van der Waals surface area (Å²) in [7, 11) is 2.14. The van der Waals surface area contributed by atoms with Gasteiger partial charge in [0.1, 0.15) is 6.10 Å². The van der Waals surface area contributed by atoms with Crippen LogP contribution in [-0.4, -0.2) is 9.67 Å². The number of benzene rings is 2. The number of fused-ring (bicyclic) bond motifs is 3. The third-order valence-electron chi connectivity index (χ3n) is 5.02. The summed E-state index contributed by atoms with van der Waals surface area (Å²) >= 11 is 3.64. The highest BCUT2D eigenvalue weighted by atomic mass is 79.9. The van der Waals surface area contributed by atoms with Crippen LogP contribution in [0, 0.1) is 0 Å². The predicted molar refractivity (Wildman–Crippen MR) is 97.8 cm³/mol. The number of rotatable bonds is 2. The minimum Gasteiger partial charge on any atom is -0.384 e. The van der Waals surface area contributed by atoms with Gasteiger partial charge >= 0.3 is 0 Å². The Balaban J connectivity index is 1.98. The molecule has 0 fully saturated rings. The third-order valence-corrected chi connectivity index (χ3v) is 5.48. The standard InChI is InChI=1S/C20H20BrNO/c1-22-18-10-6-5-9-15(18)16-11-14(21)12-17(19(16)22)20(23)13-7-3-2-4-8-13/h2-4,7-8,11-12,20,23H,5-6,9-10H2,1H3. The van der Waals surface area contributed by atoms with Crippen LogP contribution in [0.25, 0.3) is 10.9 Å². The minimum absolute atomic E-state index is 0.605. The number of halogens is 1. The maximum absolute atomic E-state index is 11.0. The number of aliphatic hydroxyl groups is 1. The number of hydrogen-bond donors (Lipinski definition) is 1. The number of aliphatic hydroxyl groups excluding tert-OH is 1. The molecule has 0 aliphatic heterocycles. The van der Waals surface area contributed by atoms with E-state index in [4.69, 9.17) is 0 Å². The van der Waals surface area contributed by atoms with Crippen molar-refractivity contribution in [3.8, 4) is 0 Å². The molecular weight excluding hydrogens is 350 g/mol. The summed E-state index contributed by atoms with van der Waals surface area (Å²) in [6, 6.07) is 14.2. The monoisotopic (exact) mass is 369 g/mol. The van der Waals surface area contributed by atoms with Crippen molar-refractivity contribution in [1.29, 1.82) is 0 Å². The van der Waals surface area contributed by atoms with Crippen molar-refractivity contribution < 1.29 is 5.11 Å². The van der Waals surface area contributed by atoms with Crippen molar-refractivity contribution in [3.63, 3.8) is 0 Å². The van der Waals surface area contributed by atoms with E-state index in [1.54, 1.807) is 0 Å². The van der Waals surface area contributed by atoms with E-state index < -0.39 is 6.10 Å². The van der Waals surface area contributed by atoms with Crippen molar-refractivity contribution in [3.05, 3.63) is 69.3 Å². The van der Waals surface area contributed by atoms with E-state index in [0.29, 0.717) is 0 Å². The molecule has 2 aromatic carbocycles. The molecule has 0 saturated heterocycles. The van der Waals surface area contributed by atoms with Crippen LogP contribution in [0.2, 0.25) is 0 Å². The molecule has 2 nitrogen and oxygen atoms in total. The van der Waals surface area contributed by atoms with Gasteiger partial charge in [0.05, 0.1) is 5.52 Å².